The van der Waals surface area contributed by atoms with E-state index in [1.54, 1.807) is 24.5 Å². The van der Waals surface area contributed by atoms with Crippen LogP contribution >= 0.6 is 0 Å². The number of nitrogens with zero attached hydrogens (tertiary/aromatic N) is 2. The van der Waals surface area contributed by atoms with Crippen LogP contribution in [0.5, 0.6) is 5.75 Å². The Kier molecular flexibility index (Phi) is 4.89. The minimum atomic E-state index is -0.0881. The summed E-state index contributed by atoms with van der Waals surface area (Å²) in [7, 11) is 0. The molecule has 0 saturated heterocycles. The molecule has 3 rings (SSSR count). The predicted molar refractivity (Wildman–Crippen MR) is 92.6 cm³/mol. The molecule has 5 nitrogen and oxygen atoms in total. The third-order valence-corrected chi connectivity index (χ3v) is 3.77. The van der Waals surface area contributed by atoms with E-state index in [-0.39, 0.29) is 12.0 Å². The van der Waals surface area contributed by atoms with Gasteiger partial charge in [-0.3, -0.25) is 4.79 Å². The number of carbonyl (C=O) groups is 1. The van der Waals surface area contributed by atoms with E-state index in [2.05, 4.69) is 15.3 Å². The zero-order valence-electron chi connectivity index (χ0n) is 13.9. The summed E-state index contributed by atoms with van der Waals surface area (Å²) in [5.74, 6) is 1.74. The van der Waals surface area contributed by atoms with Gasteiger partial charge >= 0.3 is 0 Å². The smallest absolute Gasteiger partial charge is 0.243 e. The molecule has 0 saturated carbocycles. The van der Waals surface area contributed by atoms with Crippen molar-refractivity contribution in [3.63, 3.8) is 0 Å². The maximum atomic E-state index is 11.8. The van der Waals surface area contributed by atoms with E-state index in [1.807, 2.05) is 38.1 Å². The van der Waals surface area contributed by atoms with Gasteiger partial charge in [-0.2, -0.15) is 0 Å². The van der Waals surface area contributed by atoms with Gasteiger partial charge in [0.2, 0.25) is 5.91 Å². The summed E-state index contributed by atoms with van der Waals surface area (Å²) in [6.45, 7) is 4.55. The van der Waals surface area contributed by atoms with E-state index in [1.165, 1.54) is 0 Å². The Labute approximate surface area is 141 Å². The normalized spacial score (nSPS) is 16.2. The molecule has 1 unspecified atom stereocenters. The number of amides is 1. The molecule has 124 valence electrons. The average Bonchev–Trinajstić information content (AvgIpc) is 3.02. The lowest BCUT2D eigenvalue weighted by molar-refractivity contribution is -0.116. The van der Waals surface area contributed by atoms with E-state index >= 15 is 0 Å². The van der Waals surface area contributed by atoms with Crippen LogP contribution < -0.4 is 10.1 Å². The largest absolute Gasteiger partial charge is 0.487 e. The molecule has 24 heavy (non-hydrogen) atoms. The zero-order valence-corrected chi connectivity index (χ0v) is 13.9. The van der Waals surface area contributed by atoms with Gasteiger partial charge < -0.3 is 10.1 Å². The lowest BCUT2D eigenvalue weighted by Crippen LogP contribution is -2.33. The SMILES string of the molecule is CC(C)C=CC(=O)NCC1Cc2cccc(-c3ncccn3)c2O1. The molecule has 1 aliphatic rings. The summed E-state index contributed by atoms with van der Waals surface area (Å²) in [4.78, 5) is 20.4. The highest BCUT2D eigenvalue weighted by Crippen LogP contribution is 2.37. The Morgan fingerprint density at radius 2 is 2.12 bits per heavy atom. The van der Waals surface area contributed by atoms with Gasteiger partial charge in [0.05, 0.1) is 12.1 Å². The quantitative estimate of drug-likeness (QED) is 0.859. The molecule has 0 spiro atoms. The number of benzene rings is 1. The van der Waals surface area contributed by atoms with Crippen LogP contribution in [0, 0.1) is 5.92 Å². The standard InChI is InChI=1S/C19H21N3O2/c1-13(2)7-8-17(23)22-12-15-11-14-5-3-6-16(18(14)24-15)19-20-9-4-10-21-19/h3-10,13,15H,11-12H2,1-2H3,(H,22,23). The molecule has 0 bridgehead atoms. The fourth-order valence-electron chi connectivity index (χ4n) is 2.62. The van der Waals surface area contributed by atoms with Gasteiger partial charge in [0.25, 0.3) is 0 Å². The summed E-state index contributed by atoms with van der Waals surface area (Å²) in [6, 6.07) is 7.78. The van der Waals surface area contributed by atoms with Crippen molar-refractivity contribution >= 4 is 5.91 Å². The van der Waals surface area contributed by atoms with Crippen LogP contribution in [0.3, 0.4) is 0 Å². The topological polar surface area (TPSA) is 64.1 Å². The molecule has 1 aromatic carbocycles. The highest BCUT2D eigenvalue weighted by atomic mass is 16.5. The molecule has 2 heterocycles. The Morgan fingerprint density at radius 1 is 1.33 bits per heavy atom. The number of allylic oxidation sites excluding steroid dienone is 1. The van der Waals surface area contributed by atoms with E-state index in [0.29, 0.717) is 18.3 Å². The second kappa shape index (κ2) is 7.25. The Balaban J connectivity index is 1.66. The average molecular weight is 323 g/mol. The van der Waals surface area contributed by atoms with Crippen molar-refractivity contribution in [1.29, 1.82) is 0 Å². The van der Waals surface area contributed by atoms with Gasteiger partial charge in [-0.25, -0.2) is 9.97 Å². The summed E-state index contributed by atoms with van der Waals surface area (Å²) >= 11 is 0. The summed E-state index contributed by atoms with van der Waals surface area (Å²) < 4.78 is 6.05. The van der Waals surface area contributed by atoms with E-state index in [0.717, 1.165) is 23.3 Å². The third-order valence-electron chi connectivity index (χ3n) is 3.77. The van der Waals surface area contributed by atoms with Crippen molar-refractivity contribution < 1.29 is 9.53 Å². The maximum Gasteiger partial charge on any atom is 0.243 e. The number of fused-ring (bicyclic) bond motifs is 1. The van der Waals surface area contributed by atoms with E-state index < -0.39 is 0 Å². The third kappa shape index (κ3) is 3.79. The van der Waals surface area contributed by atoms with Crippen LogP contribution in [-0.4, -0.2) is 28.5 Å². The van der Waals surface area contributed by atoms with Crippen LogP contribution in [0.15, 0.2) is 48.8 Å². The molecule has 2 aromatic rings. The van der Waals surface area contributed by atoms with Crippen LogP contribution in [0.1, 0.15) is 19.4 Å². The van der Waals surface area contributed by atoms with E-state index in [4.69, 9.17) is 4.74 Å². The lowest BCUT2D eigenvalue weighted by Gasteiger charge is -2.12. The van der Waals surface area contributed by atoms with Gasteiger partial charge in [0, 0.05) is 18.8 Å². The summed E-state index contributed by atoms with van der Waals surface area (Å²) in [5, 5.41) is 2.89. The Hall–Kier alpha value is -2.69. The number of hydrogen-bond donors (Lipinski definition) is 1. The van der Waals surface area contributed by atoms with Crippen LogP contribution in [0.25, 0.3) is 11.4 Å². The highest BCUT2D eigenvalue weighted by Gasteiger charge is 2.26. The van der Waals surface area contributed by atoms with Crippen LogP contribution in [-0.2, 0) is 11.2 Å². The van der Waals surface area contributed by atoms with Crippen molar-refractivity contribution in [3.8, 4) is 17.1 Å². The number of aromatic nitrogens is 2. The first kappa shape index (κ1) is 16.2. The lowest BCUT2D eigenvalue weighted by atomic mass is 10.1. The number of hydrogen-bond acceptors (Lipinski definition) is 4. The van der Waals surface area contributed by atoms with Gasteiger partial charge in [-0.1, -0.05) is 32.1 Å². The van der Waals surface area contributed by atoms with Crippen molar-refractivity contribution in [1.82, 2.24) is 15.3 Å². The first-order valence-corrected chi connectivity index (χ1v) is 8.15. The van der Waals surface area contributed by atoms with Gasteiger partial charge in [0.15, 0.2) is 5.82 Å². The first-order chi connectivity index (χ1) is 11.6. The summed E-state index contributed by atoms with van der Waals surface area (Å²) in [6.07, 6.45) is 7.59. The fraction of sp³-hybridized carbons (Fsp3) is 0.316. The molecule has 1 aliphatic heterocycles. The monoisotopic (exact) mass is 323 g/mol. The van der Waals surface area contributed by atoms with Gasteiger partial charge in [0.1, 0.15) is 11.9 Å². The molecular weight excluding hydrogens is 302 g/mol. The molecule has 1 aromatic heterocycles. The number of nitrogens with one attached hydrogen (secondary N) is 1. The summed E-state index contributed by atoms with van der Waals surface area (Å²) in [5.41, 5.74) is 2.01. The number of ether oxygens (including phenoxy) is 1. The maximum absolute atomic E-state index is 11.8. The zero-order chi connectivity index (χ0) is 16.9. The minimum Gasteiger partial charge on any atom is -0.487 e. The van der Waals surface area contributed by atoms with Crippen molar-refractivity contribution in [2.75, 3.05) is 6.54 Å². The van der Waals surface area contributed by atoms with Crippen LogP contribution in [0.2, 0.25) is 0 Å². The van der Waals surface area contributed by atoms with Crippen molar-refractivity contribution in [2.45, 2.75) is 26.4 Å². The van der Waals surface area contributed by atoms with E-state index in [9.17, 15) is 4.79 Å². The number of rotatable bonds is 5. The van der Waals surface area contributed by atoms with Crippen molar-refractivity contribution in [3.05, 3.63) is 54.4 Å². The molecule has 0 fully saturated rings. The van der Waals surface area contributed by atoms with Gasteiger partial charge in [-0.15, -0.1) is 0 Å². The molecule has 0 aliphatic carbocycles. The highest BCUT2D eigenvalue weighted by molar-refractivity contribution is 5.87. The second-order valence-electron chi connectivity index (χ2n) is 6.16. The minimum absolute atomic E-state index is 0.0683. The number of para-hydroxylation sites is 1. The molecule has 1 atom stereocenters. The Bertz CT molecular complexity index is 742. The molecule has 1 N–H and O–H groups in total. The Morgan fingerprint density at radius 3 is 2.88 bits per heavy atom. The molecule has 1 amide bonds. The molecule has 5 heteroatoms. The molecular formula is C19H21N3O2. The van der Waals surface area contributed by atoms with Gasteiger partial charge in [-0.05, 0) is 29.7 Å². The fourth-order valence-corrected chi connectivity index (χ4v) is 2.62. The predicted octanol–water partition coefficient (Wildman–Crippen LogP) is 2.78. The second-order valence-corrected chi connectivity index (χ2v) is 6.16. The first-order valence-electron chi connectivity index (χ1n) is 8.15. The molecule has 0 radical (unpaired) electrons. The van der Waals surface area contributed by atoms with Crippen LogP contribution in [0.4, 0.5) is 0 Å². The number of carbonyl (C=O) groups excluding carboxylic acids is 1. The van der Waals surface area contributed by atoms with Crippen molar-refractivity contribution in [2.24, 2.45) is 5.92 Å².